The molecule has 1 atom stereocenters. The van der Waals surface area contributed by atoms with Crippen LogP contribution in [-0.4, -0.2) is 27.0 Å². The second-order valence-corrected chi connectivity index (χ2v) is 9.49. The molecule has 1 heterocycles. The molecule has 3 aromatic rings. The lowest BCUT2D eigenvalue weighted by molar-refractivity contribution is 0.102. The smallest absolute Gasteiger partial charge is 0.176 e. The number of thioether (sulfide) groups is 2. The van der Waals surface area contributed by atoms with E-state index in [-0.39, 0.29) is 11.0 Å². The van der Waals surface area contributed by atoms with Gasteiger partial charge in [0.25, 0.3) is 0 Å². The molecule has 3 rings (SSSR count). The van der Waals surface area contributed by atoms with Crippen LogP contribution in [-0.2, 0) is 6.42 Å². The molecule has 0 saturated heterocycles. The normalized spacial score (nSPS) is 11.7. The Kier molecular flexibility index (Phi) is 7.04. The molecule has 1 aromatic heterocycles. The maximum absolute atomic E-state index is 12.2. The number of carbonyl (C=O) groups excluding carboxylic acids is 1. The van der Waals surface area contributed by atoms with E-state index in [0.29, 0.717) is 17.7 Å². The summed E-state index contributed by atoms with van der Waals surface area (Å²) in [6, 6.07) is 19.8. The van der Waals surface area contributed by atoms with Gasteiger partial charge in [0, 0.05) is 5.56 Å². The second kappa shape index (κ2) is 9.70. The van der Waals surface area contributed by atoms with Gasteiger partial charge in [-0.2, -0.15) is 5.26 Å². The summed E-state index contributed by atoms with van der Waals surface area (Å²) >= 11 is 4.24. The topological polar surface area (TPSA) is 66.6 Å². The van der Waals surface area contributed by atoms with Crippen LogP contribution in [0, 0.1) is 18.3 Å². The molecule has 0 amide bonds. The van der Waals surface area contributed by atoms with E-state index in [4.69, 9.17) is 0 Å². The number of Topliss-reactive ketones (excluding diaryl/α,β-unsaturated/α-hetero) is 1. The zero-order valence-corrected chi connectivity index (χ0v) is 17.1. The number of hydrogen-bond donors (Lipinski definition) is 0. The van der Waals surface area contributed by atoms with Gasteiger partial charge in [-0.1, -0.05) is 95.0 Å². The minimum Gasteiger partial charge on any atom is -0.293 e. The van der Waals surface area contributed by atoms with Crippen molar-refractivity contribution in [2.75, 3.05) is 5.75 Å². The second-order valence-electron chi connectivity index (χ2n) is 5.84. The minimum absolute atomic E-state index is 0.0688. The van der Waals surface area contributed by atoms with E-state index in [9.17, 15) is 10.1 Å². The Morgan fingerprint density at radius 2 is 1.81 bits per heavy atom. The van der Waals surface area contributed by atoms with Gasteiger partial charge >= 0.3 is 0 Å². The number of carbonyl (C=O) groups is 1. The van der Waals surface area contributed by atoms with Crippen molar-refractivity contribution in [1.82, 2.24) is 10.2 Å². The molecular formula is C20H17N3OS3. The highest BCUT2D eigenvalue weighted by Gasteiger charge is 2.15. The summed E-state index contributed by atoms with van der Waals surface area (Å²) in [6.07, 6.45) is 0.663. The SMILES string of the molecule is Cc1ccc(C[C@@H](C#N)Sc2nnc(SCC(=O)c3ccccc3)s2)cc1. The van der Waals surface area contributed by atoms with Crippen molar-refractivity contribution in [3.8, 4) is 6.07 Å². The number of nitriles is 1. The summed E-state index contributed by atoms with van der Waals surface area (Å²) < 4.78 is 1.50. The third-order valence-corrected chi connectivity index (χ3v) is 6.97. The van der Waals surface area contributed by atoms with Crippen LogP contribution in [0.3, 0.4) is 0 Å². The van der Waals surface area contributed by atoms with Gasteiger partial charge in [0.1, 0.15) is 5.25 Å². The first-order chi connectivity index (χ1) is 13.1. The number of ketones is 1. The summed E-state index contributed by atoms with van der Waals surface area (Å²) in [7, 11) is 0. The van der Waals surface area contributed by atoms with E-state index in [2.05, 4.69) is 40.5 Å². The monoisotopic (exact) mass is 411 g/mol. The number of aryl methyl sites for hydroxylation is 1. The lowest BCUT2D eigenvalue weighted by Gasteiger charge is -2.06. The number of rotatable bonds is 8. The zero-order valence-electron chi connectivity index (χ0n) is 14.7. The highest BCUT2D eigenvalue weighted by Crippen LogP contribution is 2.32. The van der Waals surface area contributed by atoms with Crippen LogP contribution in [0.2, 0.25) is 0 Å². The van der Waals surface area contributed by atoms with Crippen molar-refractivity contribution in [2.45, 2.75) is 27.3 Å². The Morgan fingerprint density at radius 3 is 2.52 bits per heavy atom. The molecule has 0 unspecified atom stereocenters. The maximum Gasteiger partial charge on any atom is 0.176 e. The molecule has 0 bridgehead atoms. The lowest BCUT2D eigenvalue weighted by Crippen LogP contribution is -2.03. The molecule has 0 radical (unpaired) electrons. The van der Waals surface area contributed by atoms with E-state index in [1.165, 1.54) is 40.4 Å². The molecule has 0 spiro atoms. The minimum atomic E-state index is -0.218. The van der Waals surface area contributed by atoms with E-state index in [1.807, 2.05) is 37.3 Å². The van der Waals surface area contributed by atoms with Gasteiger partial charge in [0.15, 0.2) is 14.5 Å². The van der Waals surface area contributed by atoms with Crippen molar-refractivity contribution >= 4 is 40.6 Å². The predicted molar refractivity (Wildman–Crippen MR) is 112 cm³/mol. The largest absolute Gasteiger partial charge is 0.293 e. The highest BCUT2D eigenvalue weighted by molar-refractivity contribution is 8.04. The number of benzene rings is 2. The highest BCUT2D eigenvalue weighted by atomic mass is 32.2. The molecule has 0 aliphatic heterocycles. The van der Waals surface area contributed by atoms with Gasteiger partial charge in [-0.05, 0) is 18.9 Å². The number of aromatic nitrogens is 2. The number of nitrogens with zero attached hydrogens (tertiary/aromatic N) is 3. The fourth-order valence-electron chi connectivity index (χ4n) is 2.31. The van der Waals surface area contributed by atoms with E-state index in [1.54, 1.807) is 0 Å². The van der Waals surface area contributed by atoms with E-state index in [0.717, 1.165) is 14.2 Å². The van der Waals surface area contributed by atoms with Gasteiger partial charge < -0.3 is 0 Å². The van der Waals surface area contributed by atoms with Crippen molar-refractivity contribution in [2.24, 2.45) is 0 Å². The molecule has 7 heteroatoms. The standard InChI is InChI=1S/C20H17N3OS3/c1-14-7-9-15(10-8-14)11-17(12-21)26-20-23-22-19(27-20)25-13-18(24)16-5-3-2-4-6-16/h2-10,17H,11,13H2,1H3/t17-/m0/s1. The van der Waals surface area contributed by atoms with Crippen molar-refractivity contribution in [1.29, 1.82) is 5.26 Å². The lowest BCUT2D eigenvalue weighted by atomic mass is 10.1. The van der Waals surface area contributed by atoms with Gasteiger partial charge in [-0.25, -0.2) is 0 Å². The first-order valence-electron chi connectivity index (χ1n) is 8.30. The fourth-order valence-corrected chi connectivity index (χ4v) is 5.39. The summed E-state index contributed by atoms with van der Waals surface area (Å²) in [5.41, 5.74) is 3.04. The van der Waals surface area contributed by atoms with Gasteiger partial charge in [-0.15, -0.1) is 10.2 Å². The Bertz CT molecular complexity index is 933. The van der Waals surface area contributed by atoms with Gasteiger partial charge in [-0.3, -0.25) is 4.79 Å². The summed E-state index contributed by atoms with van der Waals surface area (Å²) in [5.74, 6) is 0.397. The summed E-state index contributed by atoms with van der Waals surface area (Å²) in [5, 5.41) is 17.5. The van der Waals surface area contributed by atoms with Gasteiger partial charge in [0.2, 0.25) is 0 Å². The van der Waals surface area contributed by atoms with Crippen molar-refractivity contribution in [3.05, 3.63) is 71.3 Å². The molecule has 136 valence electrons. The first kappa shape index (κ1) is 19.6. The molecule has 0 fully saturated rings. The van der Waals surface area contributed by atoms with Crippen LogP contribution in [0.15, 0.2) is 63.3 Å². The third kappa shape index (κ3) is 5.93. The molecule has 27 heavy (non-hydrogen) atoms. The third-order valence-electron chi connectivity index (χ3n) is 3.74. The van der Waals surface area contributed by atoms with Crippen LogP contribution >= 0.6 is 34.9 Å². The van der Waals surface area contributed by atoms with Crippen molar-refractivity contribution < 1.29 is 4.79 Å². The zero-order chi connectivity index (χ0) is 19.1. The Labute approximate surface area is 171 Å². The van der Waals surface area contributed by atoms with Crippen LogP contribution in [0.1, 0.15) is 21.5 Å². The average Bonchev–Trinajstić information content (AvgIpc) is 3.15. The van der Waals surface area contributed by atoms with Gasteiger partial charge in [0.05, 0.1) is 11.8 Å². The van der Waals surface area contributed by atoms with E-state index < -0.39 is 0 Å². The molecule has 4 nitrogen and oxygen atoms in total. The maximum atomic E-state index is 12.2. The molecule has 2 aromatic carbocycles. The van der Waals surface area contributed by atoms with Crippen LogP contribution in [0.25, 0.3) is 0 Å². The Hall–Kier alpha value is -2.14. The quantitative estimate of drug-likeness (QED) is 0.382. The molecule has 0 aliphatic rings. The summed E-state index contributed by atoms with van der Waals surface area (Å²) in [4.78, 5) is 12.2. The number of hydrogen-bond acceptors (Lipinski definition) is 7. The summed E-state index contributed by atoms with van der Waals surface area (Å²) in [6.45, 7) is 2.04. The Balaban J connectivity index is 1.54. The first-order valence-corrected chi connectivity index (χ1v) is 11.0. The van der Waals surface area contributed by atoms with Crippen LogP contribution in [0.5, 0.6) is 0 Å². The fraction of sp³-hybridized carbons (Fsp3) is 0.200. The molecule has 0 N–H and O–H groups in total. The molecular weight excluding hydrogens is 394 g/mol. The molecule has 0 aliphatic carbocycles. The van der Waals surface area contributed by atoms with Crippen molar-refractivity contribution in [3.63, 3.8) is 0 Å². The van der Waals surface area contributed by atoms with Crippen LogP contribution < -0.4 is 0 Å². The Morgan fingerprint density at radius 1 is 1.11 bits per heavy atom. The van der Waals surface area contributed by atoms with Crippen LogP contribution in [0.4, 0.5) is 0 Å². The average molecular weight is 412 g/mol. The van der Waals surface area contributed by atoms with E-state index >= 15 is 0 Å². The predicted octanol–water partition coefficient (Wildman–Crippen LogP) is 5.05. The molecule has 0 saturated carbocycles.